The van der Waals surface area contributed by atoms with Gasteiger partial charge in [0.1, 0.15) is 23.6 Å². The summed E-state index contributed by atoms with van der Waals surface area (Å²) in [6.45, 7) is 1.75. The molecule has 0 unspecified atom stereocenters. The van der Waals surface area contributed by atoms with Gasteiger partial charge in [-0.15, -0.1) is 5.10 Å². The zero-order chi connectivity index (χ0) is 22.7. The quantitative estimate of drug-likeness (QED) is 0.403. The normalized spacial score (nSPS) is 20.2. The summed E-state index contributed by atoms with van der Waals surface area (Å²) in [7, 11) is 3.10. The molecule has 0 amide bonds. The third-order valence-corrected chi connectivity index (χ3v) is 5.92. The Kier molecular flexibility index (Phi) is 5.93. The first-order chi connectivity index (χ1) is 15.5. The lowest BCUT2D eigenvalue weighted by Gasteiger charge is -2.27. The lowest BCUT2D eigenvalue weighted by atomic mass is 9.80. The highest BCUT2D eigenvalue weighted by molar-refractivity contribution is 5.86. The zero-order valence-electron chi connectivity index (χ0n) is 18.1. The van der Waals surface area contributed by atoms with E-state index in [0.29, 0.717) is 47.5 Å². The van der Waals surface area contributed by atoms with E-state index in [9.17, 15) is 9.59 Å². The Hall–Kier alpha value is -3.69. The Morgan fingerprint density at radius 1 is 1.22 bits per heavy atom. The number of nitrogens with zero attached hydrogens (tertiary/aromatic N) is 4. The maximum Gasteiger partial charge on any atom is 0.339 e. The Labute approximate surface area is 184 Å². The van der Waals surface area contributed by atoms with Gasteiger partial charge in [-0.3, -0.25) is 4.79 Å². The van der Waals surface area contributed by atoms with Gasteiger partial charge in [0.05, 0.1) is 25.6 Å². The molecule has 0 saturated heterocycles. The van der Waals surface area contributed by atoms with E-state index >= 15 is 0 Å². The summed E-state index contributed by atoms with van der Waals surface area (Å²) in [6.07, 6.45) is 3.28. The molecular weight excluding hydrogens is 416 g/mol. The molecular formula is C22H24N4O6. The SMILES string of the molecule is COc1ccc(COC(=O)[C@@]2(C)CCC[C@H]2C(=O)On2nnc3cccnc32)c(OC)c1. The van der Waals surface area contributed by atoms with Crippen LogP contribution in [0.25, 0.3) is 11.2 Å². The van der Waals surface area contributed by atoms with Crippen LogP contribution in [0.5, 0.6) is 11.5 Å². The number of esters is 1. The maximum atomic E-state index is 13.1. The second-order valence-electron chi connectivity index (χ2n) is 7.84. The molecule has 1 fully saturated rings. The van der Waals surface area contributed by atoms with Crippen LogP contribution in [0, 0.1) is 11.3 Å². The van der Waals surface area contributed by atoms with Gasteiger partial charge in [0.25, 0.3) is 0 Å². The van der Waals surface area contributed by atoms with E-state index in [2.05, 4.69) is 15.3 Å². The standard InChI is InChI=1S/C22H24N4O6/c1-22(21(28)31-13-14-8-9-15(29-2)12-18(14)30-3)10-4-6-16(22)20(27)32-26-19-17(24-25-26)7-5-11-23-19/h5,7-9,11-12,16H,4,6,10,13H2,1-3H3/t16-,22-/m0/s1. The molecule has 32 heavy (non-hydrogen) atoms. The highest BCUT2D eigenvalue weighted by Gasteiger charge is 2.51. The van der Waals surface area contributed by atoms with Crippen molar-refractivity contribution >= 4 is 23.1 Å². The third-order valence-electron chi connectivity index (χ3n) is 5.92. The molecule has 4 rings (SSSR count). The monoisotopic (exact) mass is 440 g/mol. The Morgan fingerprint density at radius 3 is 2.84 bits per heavy atom. The van der Waals surface area contributed by atoms with Crippen molar-refractivity contribution in [1.82, 2.24) is 20.1 Å². The first kappa shape index (κ1) is 21.5. The number of benzene rings is 1. The van der Waals surface area contributed by atoms with E-state index in [-0.39, 0.29) is 6.61 Å². The van der Waals surface area contributed by atoms with Crippen LogP contribution < -0.4 is 14.3 Å². The van der Waals surface area contributed by atoms with Gasteiger partial charge in [-0.2, -0.15) is 0 Å². The molecule has 0 N–H and O–H groups in total. The van der Waals surface area contributed by atoms with Crippen LogP contribution in [0.15, 0.2) is 36.5 Å². The topological polar surface area (TPSA) is 115 Å². The highest BCUT2D eigenvalue weighted by Crippen LogP contribution is 2.44. The van der Waals surface area contributed by atoms with Crippen molar-refractivity contribution in [2.24, 2.45) is 11.3 Å². The van der Waals surface area contributed by atoms with Gasteiger partial charge in [-0.05, 0) is 54.1 Å². The second-order valence-corrected chi connectivity index (χ2v) is 7.84. The molecule has 3 aromatic rings. The van der Waals surface area contributed by atoms with E-state index in [1.807, 2.05) is 0 Å². The molecule has 1 aliphatic rings. The van der Waals surface area contributed by atoms with Crippen LogP contribution in [0.4, 0.5) is 0 Å². The van der Waals surface area contributed by atoms with Gasteiger partial charge in [-0.1, -0.05) is 6.42 Å². The first-order valence-corrected chi connectivity index (χ1v) is 10.2. The molecule has 168 valence electrons. The number of carbonyl (C=O) groups excluding carboxylic acids is 2. The minimum Gasteiger partial charge on any atom is -0.497 e. The van der Waals surface area contributed by atoms with Crippen molar-refractivity contribution in [2.45, 2.75) is 32.8 Å². The van der Waals surface area contributed by atoms with Gasteiger partial charge < -0.3 is 19.0 Å². The molecule has 2 atom stereocenters. The summed E-state index contributed by atoms with van der Waals surface area (Å²) >= 11 is 0. The number of methoxy groups -OCH3 is 2. The first-order valence-electron chi connectivity index (χ1n) is 10.2. The van der Waals surface area contributed by atoms with Gasteiger partial charge in [0.2, 0.25) is 5.65 Å². The van der Waals surface area contributed by atoms with E-state index in [0.717, 1.165) is 4.85 Å². The highest BCUT2D eigenvalue weighted by atomic mass is 16.7. The number of hydrogen-bond acceptors (Lipinski definition) is 9. The molecule has 0 radical (unpaired) electrons. The molecule has 1 aromatic carbocycles. The van der Waals surface area contributed by atoms with Crippen molar-refractivity contribution in [2.75, 3.05) is 14.2 Å². The van der Waals surface area contributed by atoms with Crippen molar-refractivity contribution in [1.29, 1.82) is 0 Å². The molecule has 0 aliphatic heterocycles. The minimum absolute atomic E-state index is 0.0149. The van der Waals surface area contributed by atoms with Gasteiger partial charge in [0.15, 0.2) is 0 Å². The number of hydrogen-bond donors (Lipinski definition) is 0. The number of carbonyl (C=O) groups is 2. The minimum atomic E-state index is -1.01. The molecule has 0 spiro atoms. The van der Waals surface area contributed by atoms with Crippen LogP contribution in [0.1, 0.15) is 31.7 Å². The molecule has 0 bridgehead atoms. The number of fused-ring (bicyclic) bond motifs is 1. The van der Waals surface area contributed by atoms with Crippen molar-refractivity contribution in [3.63, 3.8) is 0 Å². The second kappa shape index (κ2) is 8.81. The summed E-state index contributed by atoms with van der Waals surface area (Å²) in [5.41, 5.74) is 0.514. The van der Waals surface area contributed by atoms with E-state index in [4.69, 9.17) is 19.0 Å². The molecule has 1 aliphatic carbocycles. The summed E-state index contributed by atoms with van der Waals surface area (Å²) in [4.78, 5) is 36.5. The van der Waals surface area contributed by atoms with Crippen LogP contribution in [0.3, 0.4) is 0 Å². The molecule has 1 saturated carbocycles. The van der Waals surface area contributed by atoms with Crippen LogP contribution >= 0.6 is 0 Å². The third kappa shape index (κ3) is 3.95. The number of rotatable bonds is 7. The van der Waals surface area contributed by atoms with Crippen LogP contribution in [-0.2, 0) is 20.9 Å². The zero-order valence-corrected chi connectivity index (χ0v) is 18.1. The van der Waals surface area contributed by atoms with Crippen molar-refractivity contribution < 1.29 is 28.6 Å². The summed E-state index contributed by atoms with van der Waals surface area (Å²) in [5, 5.41) is 7.75. The molecule has 2 aromatic heterocycles. The lowest BCUT2D eigenvalue weighted by Crippen LogP contribution is -2.41. The average Bonchev–Trinajstić information content (AvgIpc) is 3.41. The van der Waals surface area contributed by atoms with Gasteiger partial charge in [-0.25, -0.2) is 9.78 Å². The Bertz CT molecular complexity index is 1150. The fourth-order valence-electron chi connectivity index (χ4n) is 4.02. The fraction of sp³-hybridized carbons (Fsp3) is 0.409. The van der Waals surface area contributed by atoms with Crippen molar-refractivity contribution in [3.05, 3.63) is 42.1 Å². The number of aromatic nitrogens is 4. The predicted octanol–water partition coefficient (Wildman–Crippen LogP) is 2.35. The maximum absolute atomic E-state index is 13.1. The van der Waals surface area contributed by atoms with Crippen LogP contribution in [0.2, 0.25) is 0 Å². The Balaban J connectivity index is 1.46. The van der Waals surface area contributed by atoms with Gasteiger partial charge in [0, 0.05) is 17.8 Å². The largest absolute Gasteiger partial charge is 0.497 e. The van der Waals surface area contributed by atoms with E-state index < -0.39 is 23.3 Å². The van der Waals surface area contributed by atoms with Gasteiger partial charge >= 0.3 is 11.9 Å². The van der Waals surface area contributed by atoms with Crippen LogP contribution in [-0.4, -0.2) is 46.3 Å². The average molecular weight is 440 g/mol. The lowest BCUT2D eigenvalue weighted by molar-refractivity contribution is -0.168. The van der Waals surface area contributed by atoms with E-state index in [1.165, 1.54) is 7.11 Å². The molecule has 2 heterocycles. The summed E-state index contributed by atoms with van der Waals surface area (Å²) in [6, 6.07) is 8.68. The summed E-state index contributed by atoms with van der Waals surface area (Å²) in [5.74, 6) is -0.513. The smallest absolute Gasteiger partial charge is 0.339 e. The number of ether oxygens (including phenoxy) is 3. The van der Waals surface area contributed by atoms with Crippen molar-refractivity contribution in [3.8, 4) is 11.5 Å². The molecule has 10 nitrogen and oxygen atoms in total. The fourth-order valence-corrected chi connectivity index (χ4v) is 4.02. The summed E-state index contributed by atoms with van der Waals surface area (Å²) < 4.78 is 16.1. The Morgan fingerprint density at radius 2 is 2.06 bits per heavy atom. The molecule has 10 heteroatoms. The van der Waals surface area contributed by atoms with E-state index in [1.54, 1.807) is 50.6 Å². The number of pyridine rings is 1. The predicted molar refractivity (Wildman–Crippen MR) is 112 cm³/mol.